The maximum Gasteiger partial charge on any atom is 0.573 e. The number of hydrogen-bond donors (Lipinski definition) is 2. The number of methoxy groups -OCH3 is 1. The van der Waals surface area contributed by atoms with Crippen molar-refractivity contribution in [2.45, 2.75) is 26.3 Å². The minimum Gasteiger partial charge on any atom is -0.496 e. The zero-order valence-corrected chi connectivity index (χ0v) is 14.7. The van der Waals surface area contributed by atoms with Crippen molar-refractivity contribution in [3.63, 3.8) is 0 Å². The SMILES string of the molecule is COc1cc(OC(F)(F)F)ccc1[C@@H](N1CCNCC1)C(C)(C)CO. The highest BCUT2D eigenvalue weighted by Gasteiger charge is 2.38. The Morgan fingerprint density at radius 1 is 1.24 bits per heavy atom. The molecule has 1 aromatic rings. The predicted octanol–water partition coefficient (Wildman–Crippen LogP) is 2.56. The summed E-state index contributed by atoms with van der Waals surface area (Å²) in [7, 11) is 1.41. The van der Waals surface area contributed by atoms with Crippen molar-refractivity contribution in [3.8, 4) is 11.5 Å². The highest BCUT2D eigenvalue weighted by molar-refractivity contribution is 5.43. The van der Waals surface area contributed by atoms with E-state index in [1.165, 1.54) is 19.2 Å². The number of halogens is 3. The lowest BCUT2D eigenvalue weighted by Gasteiger charge is -2.43. The number of alkyl halides is 3. The molecule has 1 fully saturated rings. The normalized spacial score (nSPS) is 18.0. The van der Waals surface area contributed by atoms with Crippen LogP contribution in [0.3, 0.4) is 0 Å². The molecule has 1 atom stereocenters. The van der Waals surface area contributed by atoms with Crippen LogP contribution in [0.25, 0.3) is 0 Å². The van der Waals surface area contributed by atoms with Gasteiger partial charge in [-0.1, -0.05) is 19.9 Å². The molecule has 1 aromatic carbocycles. The summed E-state index contributed by atoms with van der Waals surface area (Å²) in [6.45, 7) is 6.98. The number of piperazine rings is 1. The molecule has 25 heavy (non-hydrogen) atoms. The molecular weight excluding hydrogens is 337 g/mol. The van der Waals surface area contributed by atoms with E-state index >= 15 is 0 Å². The van der Waals surface area contributed by atoms with Gasteiger partial charge in [-0.15, -0.1) is 13.2 Å². The molecule has 1 saturated heterocycles. The number of aliphatic hydroxyl groups is 1. The van der Waals surface area contributed by atoms with Crippen LogP contribution in [-0.2, 0) is 0 Å². The third-order valence-corrected chi connectivity index (χ3v) is 4.40. The van der Waals surface area contributed by atoms with E-state index in [1.807, 2.05) is 13.8 Å². The van der Waals surface area contributed by atoms with Crippen molar-refractivity contribution in [2.75, 3.05) is 39.9 Å². The van der Waals surface area contributed by atoms with Crippen molar-refractivity contribution in [2.24, 2.45) is 5.41 Å². The monoisotopic (exact) mass is 362 g/mol. The second kappa shape index (κ2) is 7.80. The first-order valence-corrected chi connectivity index (χ1v) is 8.17. The van der Waals surface area contributed by atoms with Crippen LogP contribution in [0.1, 0.15) is 25.5 Å². The van der Waals surface area contributed by atoms with Crippen molar-refractivity contribution < 1.29 is 27.8 Å². The minimum absolute atomic E-state index is 0.0639. The van der Waals surface area contributed by atoms with E-state index in [1.54, 1.807) is 6.07 Å². The summed E-state index contributed by atoms with van der Waals surface area (Å²) in [5.74, 6) is -0.0132. The highest BCUT2D eigenvalue weighted by atomic mass is 19.4. The smallest absolute Gasteiger partial charge is 0.496 e. The maximum atomic E-state index is 12.5. The Balaban J connectivity index is 2.41. The molecule has 0 radical (unpaired) electrons. The van der Waals surface area contributed by atoms with Crippen LogP contribution < -0.4 is 14.8 Å². The Hall–Kier alpha value is -1.51. The molecule has 1 heterocycles. The zero-order chi connectivity index (χ0) is 18.7. The molecule has 0 aliphatic carbocycles. The van der Waals surface area contributed by atoms with E-state index in [4.69, 9.17) is 4.74 Å². The molecule has 0 saturated carbocycles. The van der Waals surface area contributed by atoms with Gasteiger partial charge in [-0.05, 0) is 6.07 Å². The van der Waals surface area contributed by atoms with Crippen LogP contribution in [0.4, 0.5) is 13.2 Å². The lowest BCUT2D eigenvalue weighted by Crippen LogP contribution is -2.49. The molecule has 0 bridgehead atoms. The first-order chi connectivity index (χ1) is 11.7. The van der Waals surface area contributed by atoms with Crippen molar-refractivity contribution >= 4 is 0 Å². The second-order valence-corrected chi connectivity index (χ2v) is 6.79. The Morgan fingerprint density at radius 3 is 2.40 bits per heavy atom. The summed E-state index contributed by atoms with van der Waals surface area (Å²) >= 11 is 0. The van der Waals surface area contributed by atoms with Gasteiger partial charge in [0, 0.05) is 55.9 Å². The van der Waals surface area contributed by atoms with Crippen LogP contribution in [0.5, 0.6) is 11.5 Å². The fraction of sp³-hybridized carbons (Fsp3) is 0.647. The maximum absolute atomic E-state index is 12.5. The van der Waals surface area contributed by atoms with Crippen molar-refractivity contribution in [1.29, 1.82) is 0 Å². The van der Waals surface area contributed by atoms with Gasteiger partial charge < -0.3 is 19.9 Å². The molecule has 0 aromatic heterocycles. The minimum atomic E-state index is -4.76. The summed E-state index contributed by atoms with van der Waals surface area (Å²) < 4.78 is 46.7. The molecule has 2 rings (SSSR count). The fourth-order valence-electron chi connectivity index (χ4n) is 3.25. The van der Waals surface area contributed by atoms with E-state index in [9.17, 15) is 18.3 Å². The Bertz CT molecular complexity index is 573. The van der Waals surface area contributed by atoms with E-state index in [0.717, 1.165) is 31.7 Å². The quantitative estimate of drug-likeness (QED) is 0.815. The topological polar surface area (TPSA) is 54.0 Å². The molecule has 0 amide bonds. The van der Waals surface area contributed by atoms with Crippen LogP contribution in [0, 0.1) is 5.41 Å². The van der Waals surface area contributed by atoms with Gasteiger partial charge >= 0.3 is 6.36 Å². The molecule has 8 heteroatoms. The Labute approximate surface area is 145 Å². The van der Waals surface area contributed by atoms with E-state index in [0.29, 0.717) is 5.75 Å². The van der Waals surface area contributed by atoms with Gasteiger partial charge in [-0.3, -0.25) is 4.90 Å². The van der Waals surface area contributed by atoms with Gasteiger partial charge in [-0.2, -0.15) is 0 Å². The number of benzene rings is 1. The first kappa shape index (κ1) is 19.8. The van der Waals surface area contributed by atoms with Crippen LogP contribution in [0.2, 0.25) is 0 Å². The molecule has 1 aliphatic heterocycles. The molecule has 2 N–H and O–H groups in total. The van der Waals surface area contributed by atoms with Gasteiger partial charge in [0.2, 0.25) is 0 Å². The number of nitrogens with one attached hydrogen (secondary N) is 1. The molecule has 0 unspecified atom stereocenters. The van der Waals surface area contributed by atoms with Crippen LogP contribution in [-0.4, -0.2) is 56.3 Å². The summed E-state index contributed by atoms with van der Waals surface area (Å²) in [6.07, 6.45) is -4.76. The highest BCUT2D eigenvalue weighted by Crippen LogP contribution is 2.43. The van der Waals surface area contributed by atoms with E-state index in [-0.39, 0.29) is 18.4 Å². The third-order valence-electron chi connectivity index (χ3n) is 4.40. The summed E-state index contributed by atoms with van der Waals surface area (Å²) in [5.41, 5.74) is 0.231. The van der Waals surface area contributed by atoms with Crippen LogP contribution >= 0.6 is 0 Å². The summed E-state index contributed by atoms with van der Waals surface area (Å²) in [6, 6.07) is 3.92. The van der Waals surface area contributed by atoms with E-state index < -0.39 is 11.8 Å². The van der Waals surface area contributed by atoms with Crippen molar-refractivity contribution in [1.82, 2.24) is 10.2 Å². The summed E-state index contributed by atoms with van der Waals surface area (Å²) in [5, 5.41) is 13.1. The lowest BCUT2D eigenvalue weighted by molar-refractivity contribution is -0.274. The van der Waals surface area contributed by atoms with Gasteiger partial charge in [0.05, 0.1) is 7.11 Å². The fourth-order valence-corrected chi connectivity index (χ4v) is 3.25. The lowest BCUT2D eigenvalue weighted by atomic mass is 9.79. The molecule has 142 valence electrons. The second-order valence-electron chi connectivity index (χ2n) is 6.79. The average molecular weight is 362 g/mol. The molecular formula is C17H25F3N2O3. The Kier molecular flexibility index (Phi) is 6.18. The van der Waals surface area contributed by atoms with Crippen molar-refractivity contribution in [3.05, 3.63) is 23.8 Å². The third kappa shape index (κ3) is 4.99. The zero-order valence-electron chi connectivity index (χ0n) is 14.7. The van der Waals surface area contributed by atoms with Gasteiger partial charge in [-0.25, -0.2) is 0 Å². The standard InChI is InChI=1S/C17H25F3N2O3/c1-16(2,11-23)15(22-8-6-21-7-9-22)13-5-4-12(10-14(13)24-3)25-17(18,19)20/h4-5,10,15,21,23H,6-9,11H2,1-3H3/t15-/m1/s1. The number of aliphatic hydroxyl groups excluding tert-OH is 1. The predicted molar refractivity (Wildman–Crippen MR) is 87.7 cm³/mol. The van der Waals surface area contributed by atoms with Gasteiger partial charge in [0.25, 0.3) is 0 Å². The molecule has 1 aliphatic rings. The average Bonchev–Trinajstić information content (AvgIpc) is 2.55. The number of hydrogen-bond acceptors (Lipinski definition) is 5. The number of nitrogens with zero attached hydrogens (tertiary/aromatic N) is 1. The molecule has 0 spiro atoms. The van der Waals surface area contributed by atoms with Crippen LogP contribution in [0.15, 0.2) is 18.2 Å². The van der Waals surface area contributed by atoms with E-state index in [2.05, 4.69) is 15.0 Å². The number of ether oxygens (including phenoxy) is 2. The van der Waals surface area contributed by atoms with Gasteiger partial charge in [0.15, 0.2) is 0 Å². The summed E-state index contributed by atoms with van der Waals surface area (Å²) in [4.78, 5) is 2.22. The van der Waals surface area contributed by atoms with Gasteiger partial charge in [0.1, 0.15) is 11.5 Å². The first-order valence-electron chi connectivity index (χ1n) is 8.17. The number of rotatable bonds is 6. The largest absolute Gasteiger partial charge is 0.573 e. The Morgan fingerprint density at radius 2 is 1.88 bits per heavy atom. The molecule has 5 nitrogen and oxygen atoms in total.